The number of oxazole rings is 1. The predicted octanol–water partition coefficient (Wildman–Crippen LogP) is 4.97. The molecule has 3 aromatic carbocycles. The molecule has 0 saturated carbocycles. The van der Waals surface area contributed by atoms with Gasteiger partial charge in [0.25, 0.3) is 0 Å². The number of phenolic OH excluding ortho intramolecular Hbond substituents is 1. The fraction of sp³-hybridized carbons (Fsp3) is 0.160. The number of benzene rings is 3. The van der Waals surface area contributed by atoms with Crippen LogP contribution in [0.25, 0.3) is 22.7 Å². The van der Waals surface area contributed by atoms with Gasteiger partial charge in [-0.2, -0.15) is 0 Å². The number of aromatic nitrogens is 1. The zero-order valence-electron chi connectivity index (χ0n) is 20.6. The van der Waals surface area contributed by atoms with Crippen molar-refractivity contribution < 1.29 is 38.3 Å². The highest BCUT2D eigenvalue weighted by molar-refractivity contribution is 5.92. The van der Waals surface area contributed by atoms with Crippen molar-refractivity contribution in [1.82, 2.24) is 4.98 Å². The molecule has 0 atom stereocenters. The van der Waals surface area contributed by atoms with Gasteiger partial charge in [-0.3, -0.25) is 20.2 Å². The summed E-state index contributed by atoms with van der Waals surface area (Å²) in [6.07, 6.45) is 1.66. The maximum atomic E-state index is 11.4. The maximum Gasteiger partial charge on any atom is 0.349 e. The molecule has 0 spiro atoms. The van der Waals surface area contributed by atoms with Crippen LogP contribution in [0.15, 0.2) is 46.9 Å². The molecule has 0 bridgehead atoms. The Morgan fingerprint density at radius 1 is 0.868 bits per heavy atom. The van der Waals surface area contributed by atoms with E-state index >= 15 is 0 Å². The fourth-order valence-electron chi connectivity index (χ4n) is 3.82. The summed E-state index contributed by atoms with van der Waals surface area (Å²) in [7, 11) is 5.77. The van der Waals surface area contributed by atoms with Gasteiger partial charge in [0.2, 0.25) is 11.6 Å². The second-order valence-corrected chi connectivity index (χ2v) is 7.75. The summed E-state index contributed by atoms with van der Waals surface area (Å²) in [5.74, 6) is 1.15. The van der Waals surface area contributed by atoms with E-state index in [1.54, 1.807) is 30.3 Å². The molecular formula is C25H21N3O10. The van der Waals surface area contributed by atoms with E-state index in [0.29, 0.717) is 33.9 Å². The van der Waals surface area contributed by atoms with Crippen molar-refractivity contribution in [2.24, 2.45) is 0 Å². The number of nitrogens with zero attached hydrogens (tertiary/aromatic N) is 3. The molecule has 0 amide bonds. The first-order chi connectivity index (χ1) is 18.2. The molecule has 38 heavy (non-hydrogen) atoms. The van der Waals surface area contributed by atoms with E-state index in [2.05, 4.69) is 4.98 Å². The average Bonchev–Trinajstić information content (AvgIpc) is 3.33. The lowest BCUT2D eigenvalue weighted by molar-refractivity contribution is -0.422. The molecule has 1 N–H and O–H groups in total. The molecule has 196 valence electrons. The zero-order chi connectivity index (χ0) is 27.6. The minimum atomic E-state index is -0.863. The van der Waals surface area contributed by atoms with Gasteiger partial charge in [-0.1, -0.05) is 6.07 Å². The molecule has 0 fully saturated rings. The summed E-state index contributed by atoms with van der Waals surface area (Å²) in [6, 6.07) is 9.86. The Morgan fingerprint density at radius 2 is 1.47 bits per heavy atom. The lowest BCUT2D eigenvalue weighted by Crippen LogP contribution is -1.98. The third kappa shape index (κ3) is 4.72. The van der Waals surface area contributed by atoms with Gasteiger partial charge >= 0.3 is 11.4 Å². The number of nitro groups is 2. The molecule has 1 aromatic heterocycles. The van der Waals surface area contributed by atoms with Gasteiger partial charge in [0.05, 0.1) is 50.4 Å². The number of methoxy groups -OCH3 is 4. The fourth-order valence-corrected chi connectivity index (χ4v) is 3.82. The Labute approximate surface area is 214 Å². The number of hydrogen-bond donors (Lipinski definition) is 1. The molecule has 13 heteroatoms. The second kappa shape index (κ2) is 10.3. The number of hydrogen-bond acceptors (Lipinski definition) is 11. The summed E-state index contributed by atoms with van der Waals surface area (Å²) in [6.45, 7) is 0. The molecule has 0 aliphatic carbocycles. The van der Waals surface area contributed by atoms with Crippen molar-refractivity contribution in [2.75, 3.05) is 28.4 Å². The molecule has 0 saturated heterocycles. The molecule has 0 aliphatic heterocycles. The molecule has 13 nitrogen and oxygen atoms in total. The zero-order valence-corrected chi connectivity index (χ0v) is 20.6. The van der Waals surface area contributed by atoms with Crippen molar-refractivity contribution in [3.63, 3.8) is 0 Å². The minimum Gasteiger partial charge on any atom is -0.504 e. The summed E-state index contributed by atoms with van der Waals surface area (Å²) in [4.78, 5) is 25.5. The van der Waals surface area contributed by atoms with Crippen LogP contribution in [0.3, 0.4) is 0 Å². The number of nitro benzene ring substituents is 2. The first-order valence-corrected chi connectivity index (χ1v) is 10.8. The van der Waals surface area contributed by atoms with Gasteiger partial charge in [-0.15, -0.1) is 0 Å². The normalized spacial score (nSPS) is 11.3. The van der Waals surface area contributed by atoms with Crippen LogP contribution < -0.4 is 18.9 Å². The number of rotatable bonds is 9. The molecule has 1 heterocycles. The summed E-state index contributed by atoms with van der Waals surface area (Å²) < 4.78 is 27.4. The van der Waals surface area contributed by atoms with E-state index in [4.69, 9.17) is 23.4 Å². The van der Waals surface area contributed by atoms with Gasteiger partial charge in [0, 0.05) is 5.57 Å². The van der Waals surface area contributed by atoms with Crippen molar-refractivity contribution >= 4 is 34.1 Å². The summed E-state index contributed by atoms with van der Waals surface area (Å²) in [5, 5.41) is 32.8. The first-order valence-electron chi connectivity index (χ1n) is 10.8. The van der Waals surface area contributed by atoms with Crippen LogP contribution in [0.4, 0.5) is 11.4 Å². The molecule has 0 aliphatic rings. The molecule has 0 radical (unpaired) electrons. The average molecular weight is 523 g/mol. The Kier molecular flexibility index (Phi) is 7.01. The van der Waals surface area contributed by atoms with Crippen molar-refractivity contribution in [2.45, 2.75) is 0 Å². The van der Waals surface area contributed by atoms with Gasteiger partial charge in [0.15, 0.2) is 28.6 Å². The number of ether oxygens (including phenoxy) is 4. The number of aromatic hydroxyl groups is 1. The van der Waals surface area contributed by atoms with Crippen LogP contribution in [-0.4, -0.2) is 48.4 Å². The van der Waals surface area contributed by atoms with Crippen LogP contribution in [0.5, 0.6) is 28.7 Å². The Balaban J connectivity index is 2.01. The van der Waals surface area contributed by atoms with E-state index in [1.807, 2.05) is 0 Å². The van der Waals surface area contributed by atoms with E-state index in [9.17, 15) is 25.3 Å². The highest BCUT2D eigenvalue weighted by atomic mass is 16.6. The molecular weight excluding hydrogens is 502 g/mol. The van der Waals surface area contributed by atoms with Gasteiger partial charge in [-0.25, -0.2) is 4.98 Å². The van der Waals surface area contributed by atoms with E-state index < -0.39 is 21.2 Å². The smallest absolute Gasteiger partial charge is 0.349 e. The van der Waals surface area contributed by atoms with Gasteiger partial charge in [0.1, 0.15) is 5.52 Å². The quantitative estimate of drug-likeness (QED) is 0.178. The monoisotopic (exact) mass is 523 g/mol. The Morgan fingerprint density at radius 3 is 2.03 bits per heavy atom. The van der Waals surface area contributed by atoms with Crippen molar-refractivity contribution in [1.29, 1.82) is 0 Å². The van der Waals surface area contributed by atoms with Crippen LogP contribution in [-0.2, 0) is 0 Å². The largest absolute Gasteiger partial charge is 0.504 e. The van der Waals surface area contributed by atoms with E-state index in [1.165, 1.54) is 34.5 Å². The highest BCUT2D eigenvalue weighted by Gasteiger charge is 2.28. The Bertz CT molecular complexity index is 1520. The van der Waals surface area contributed by atoms with Gasteiger partial charge < -0.3 is 28.5 Å². The lowest BCUT2D eigenvalue weighted by Gasteiger charge is -2.15. The summed E-state index contributed by atoms with van der Waals surface area (Å²) >= 11 is 0. The molecule has 4 aromatic rings. The van der Waals surface area contributed by atoms with Crippen LogP contribution >= 0.6 is 0 Å². The predicted molar refractivity (Wildman–Crippen MR) is 135 cm³/mol. The third-order valence-corrected chi connectivity index (χ3v) is 5.60. The van der Waals surface area contributed by atoms with Crippen LogP contribution in [0.2, 0.25) is 0 Å². The van der Waals surface area contributed by atoms with Crippen molar-refractivity contribution in [3.05, 3.63) is 79.7 Å². The minimum absolute atomic E-state index is 0.00360. The topological polar surface area (TPSA) is 169 Å². The third-order valence-electron chi connectivity index (χ3n) is 5.60. The highest BCUT2D eigenvalue weighted by Crippen LogP contribution is 2.42. The van der Waals surface area contributed by atoms with Crippen molar-refractivity contribution in [3.8, 4) is 28.7 Å². The second-order valence-electron chi connectivity index (χ2n) is 7.75. The maximum absolute atomic E-state index is 11.4. The van der Waals surface area contributed by atoms with Crippen LogP contribution in [0, 0.1) is 20.2 Å². The molecule has 4 rings (SSSR count). The number of fused-ring (bicyclic) bond motifs is 1. The standard InChI is InChI=1S/C25H21N3O10/c1-34-21-8-13(5-6-19(21)29)7-15(14-9-22(35-2)24(37-4)23(10-14)36-3)25-26-16-11-17(27(30)31)18(28(32)33)12-20(16)38-25/h5-12,29H,1-4H3/b15-7+. The van der Waals surface area contributed by atoms with E-state index in [-0.39, 0.29) is 28.5 Å². The van der Waals surface area contributed by atoms with Crippen LogP contribution in [0.1, 0.15) is 17.0 Å². The first kappa shape index (κ1) is 25.8. The lowest BCUT2D eigenvalue weighted by atomic mass is 10.0. The Hall–Kier alpha value is -5.33. The SMILES string of the molecule is COc1cc(/C=C(\c2cc(OC)c(OC)c(OC)c2)c2nc3cc([N+](=O)[O-])c([N+](=O)[O-])cc3o2)ccc1O. The van der Waals surface area contributed by atoms with E-state index in [0.717, 1.165) is 12.1 Å². The summed E-state index contributed by atoms with van der Waals surface area (Å²) in [5.41, 5.74) is -0.0169. The number of phenols is 1. The molecule has 0 unspecified atom stereocenters. The van der Waals surface area contributed by atoms with Gasteiger partial charge in [-0.05, 0) is 41.5 Å².